The first-order chi connectivity index (χ1) is 15.0. The van der Waals surface area contributed by atoms with E-state index in [9.17, 15) is 27.2 Å². The molecule has 0 saturated heterocycles. The quantitative estimate of drug-likeness (QED) is 0.245. The van der Waals surface area contributed by atoms with Crippen LogP contribution in [0.1, 0.15) is 18.9 Å². The first-order valence-corrected chi connectivity index (χ1v) is 12.7. The second kappa shape index (κ2) is 13.6. The summed E-state index contributed by atoms with van der Waals surface area (Å²) in [5.41, 5.74) is 0.897. The van der Waals surface area contributed by atoms with Crippen molar-refractivity contribution in [2.45, 2.75) is 26.4 Å². The molecule has 2 amide bonds. The van der Waals surface area contributed by atoms with Crippen LogP contribution in [0.3, 0.4) is 0 Å². The zero-order valence-electron chi connectivity index (χ0n) is 17.2. The van der Waals surface area contributed by atoms with E-state index in [4.69, 9.17) is 8.19 Å². The molecule has 0 heterocycles. The number of anilines is 1. The number of carbonyl (C=O) groups excluding carboxylic acids is 2. The number of phenols is 1. The summed E-state index contributed by atoms with van der Waals surface area (Å²) in [5.74, 6) is -1.16. The molecule has 176 valence electrons. The summed E-state index contributed by atoms with van der Waals surface area (Å²) in [7, 11) is 0. The normalized spacial score (nSPS) is 10.8. The number of aromatic hydroxyl groups is 1. The maximum atomic E-state index is 11.6. The Balaban J connectivity index is 0.000000323. The van der Waals surface area contributed by atoms with E-state index in [1.54, 1.807) is 0 Å². The fourth-order valence-electron chi connectivity index (χ4n) is 2.40. The Labute approximate surface area is 186 Å². The van der Waals surface area contributed by atoms with Crippen molar-refractivity contribution in [3.8, 4) is 5.75 Å². The van der Waals surface area contributed by atoms with Crippen LogP contribution in [0.15, 0.2) is 48.5 Å². The van der Waals surface area contributed by atoms with Crippen molar-refractivity contribution in [3.63, 3.8) is 0 Å². The molecule has 0 fully saturated rings. The second-order valence-corrected chi connectivity index (χ2v) is 9.66. The van der Waals surface area contributed by atoms with Crippen molar-refractivity contribution in [3.05, 3.63) is 54.1 Å². The van der Waals surface area contributed by atoms with E-state index >= 15 is 0 Å². The third-order valence-corrected chi connectivity index (χ3v) is 5.89. The molecule has 0 unspecified atom stereocenters. The van der Waals surface area contributed by atoms with E-state index in [2.05, 4.69) is 15.4 Å². The smallest absolute Gasteiger partial charge is 0.345 e. The molecule has 5 N–H and O–H groups in total. The molecule has 2 rings (SSSR count). The monoisotopic (exact) mass is 518 g/mol. The molecule has 0 aliphatic rings. The van der Waals surface area contributed by atoms with E-state index in [0.717, 1.165) is 12.0 Å². The van der Waals surface area contributed by atoms with Crippen LogP contribution in [-0.2, 0) is 24.5 Å². The summed E-state index contributed by atoms with van der Waals surface area (Å²) in [6, 6.07) is 13.4. The summed E-state index contributed by atoms with van der Waals surface area (Å²) < 4.78 is 56.0. The number of amides is 2. The number of rotatable bonds is 9. The maximum Gasteiger partial charge on any atom is 0.345 e. The molecule has 0 atom stereocenters. The summed E-state index contributed by atoms with van der Waals surface area (Å²) in [6.07, 6.45) is 0.682. The van der Waals surface area contributed by atoms with Gasteiger partial charge >= 0.3 is 94.8 Å². The van der Waals surface area contributed by atoms with Gasteiger partial charge in [-0.05, 0) is 12.0 Å². The number of hydrogen-bond acceptors (Lipinski definition) is 5. The molecule has 0 bridgehead atoms. The number of hydrogen-bond donors (Lipinski definition) is 5. The fraction of sp³-hybridized carbons (Fsp3) is 0.300. The van der Waals surface area contributed by atoms with E-state index in [0.29, 0.717) is 6.54 Å². The first kappa shape index (κ1) is 27.3. The van der Waals surface area contributed by atoms with Gasteiger partial charge in [-0.15, -0.1) is 0 Å². The third kappa shape index (κ3) is 11.1. The van der Waals surface area contributed by atoms with E-state index in [-0.39, 0.29) is 34.7 Å². The maximum absolute atomic E-state index is 11.6. The van der Waals surface area contributed by atoms with Crippen LogP contribution in [0.5, 0.6) is 5.75 Å². The number of nitrogens with one attached hydrogen (secondary N) is 2. The van der Waals surface area contributed by atoms with Gasteiger partial charge in [-0.1, -0.05) is 30.3 Å². The Bertz CT molecular complexity index is 923. The summed E-state index contributed by atoms with van der Waals surface area (Å²) in [4.78, 5) is 22.0. The van der Waals surface area contributed by atoms with Gasteiger partial charge in [0.25, 0.3) is 0 Å². The largest absolute Gasteiger partial charge is 0.356 e. The van der Waals surface area contributed by atoms with Gasteiger partial charge in [0.2, 0.25) is 5.91 Å². The average Bonchev–Trinajstić information content (AvgIpc) is 2.69. The van der Waals surface area contributed by atoms with Gasteiger partial charge in [0.1, 0.15) is 0 Å². The molecule has 0 radical (unpaired) electrons. The molecule has 9 nitrogen and oxygen atoms in total. The number of phenolic OH excluding ortho intramolecular Hbond substituents is 1. The van der Waals surface area contributed by atoms with Crippen molar-refractivity contribution < 1.29 is 40.1 Å². The Kier molecular flexibility index (Phi) is 11.6. The first-order valence-electron chi connectivity index (χ1n) is 9.36. The Morgan fingerprint density at radius 3 is 2.31 bits per heavy atom. The Morgan fingerprint density at radius 1 is 1.09 bits per heavy atom. The number of para-hydroxylation sites is 1. The molecule has 2 aromatic carbocycles. The van der Waals surface area contributed by atoms with Gasteiger partial charge in [-0.25, -0.2) is 0 Å². The van der Waals surface area contributed by atoms with Crippen LogP contribution in [-0.4, -0.2) is 59.0 Å². The third-order valence-electron chi connectivity index (χ3n) is 3.79. The van der Waals surface area contributed by atoms with Crippen molar-refractivity contribution in [2.75, 3.05) is 18.5 Å². The van der Waals surface area contributed by atoms with Crippen molar-refractivity contribution in [1.82, 2.24) is 5.32 Å². The Morgan fingerprint density at radius 2 is 1.75 bits per heavy atom. The zero-order valence-corrected chi connectivity index (χ0v) is 19.1. The van der Waals surface area contributed by atoms with Crippen LogP contribution >= 0.6 is 0 Å². The minimum Gasteiger partial charge on any atom is -0.356 e. The summed E-state index contributed by atoms with van der Waals surface area (Å²) >= 11 is -5.14. The van der Waals surface area contributed by atoms with Crippen LogP contribution in [0.25, 0.3) is 0 Å². The fourth-order valence-corrected chi connectivity index (χ4v) is 3.95. The van der Waals surface area contributed by atoms with E-state index in [1.165, 1.54) is 25.1 Å². The molecule has 0 aliphatic carbocycles. The molecule has 0 aliphatic heterocycles. The van der Waals surface area contributed by atoms with Gasteiger partial charge in [0, 0.05) is 6.54 Å². The number of alkyl halides is 2. The average molecular weight is 518 g/mol. The van der Waals surface area contributed by atoms with Gasteiger partial charge < -0.3 is 10.1 Å². The van der Waals surface area contributed by atoms with Crippen molar-refractivity contribution >= 4 is 36.0 Å². The van der Waals surface area contributed by atoms with Crippen LogP contribution in [0, 0.1) is 0 Å². The van der Waals surface area contributed by atoms with Gasteiger partial charge in [-0.2, -0.15) is 8.78 Å². The molecule has 2 aromatic rings. The summed E-state index contributed by atoms with van der Waals surface area (Å²) in [6.45, 7) is -1.39. The molecule has 0 saturated carbocycles. The minimum absolute atomic E-state index is 0.0425. The number of ether oxygens (including phenoxy) is 1. The van der Waals surface area contributed by atoms with E-state index in [1.807, 2.05) is 30.3 Å². The molecular formula is C20H25AsF2N2O7. The topological polar surface area (TPSA) is 145 Å². The standard InChI is InChI=1S/C12H15F2NO2.C8H10AsNO5/c13-12(14)17-9-7-11(16)15-8-6-10-4-2-1-3-5-10;1-5(11)10-8-6(9(13,14)15)3-2-4-7(8)12/h1-5,12H,6-9H2,(H,15,16);2-4,12H,1H3,(H,10,11)(H2,13,14,15). The van der Waals surface area contributed by atoms with Crippen LogP contribution in [0.4, 0.5) is 14.5 Å². The number of benzene rings is 2. The zero-order chi connectivity index (χ0) is 24.1. The van der Waals surface area contributed by atoms with E-state index < -0.39 is 26.7 Å². The molecule has 12 heteroatoms. The van der Waals surface area contributed by atoms with Gasteiger partial charge in [0.15, 0.2) is 0 Å². The number of halogens is 2. The summed E-state index contributed by atoms with van der Waals surface area (Å²) in [5, 5.41) is 14.2. The number of carbonyl (C=O) groups is 2. The van der Waals surface area contributed by atoms with Crippen LogP contribution in [0.2, 0.25) is 0 Å². The Hall–Kier alpha value is -2.72. The van der Waals surface area contributed by atoms with Crippen molar-refractivity contribution in [1.29, 1.82) is 0 Å². The van der Waals surface area contributed by atoms with Crippen LogP contribution < -0.4 is 15.0 Å². The predicted molar refractivity (Wildman–Crippen MR) is 113 cm³/mol. The van der Waals surface area contributed by atoms with Crippen molar-refractivity contribution in [2.24, 2.45) is 0 Å². The molecule has 32 heavy (non-hydrogen) atoms. The van der Waals surface area contributed by atoms with Gasteiger partial charge in [-0.3, -0.25) is 4.79 Å². The molecule has 0 spiro atoms. The SMILES string of the molecule is CC(=O)Nc1c(O)cccc1[As](=O)(O)O.O=C(CCOC(F)F)NCCc1ccccc1. The predicted octanol–water partition coefficient (Wildman–Crippen LogP) is 0.886. The second-order valence-electron chi connectivity index (χ2n) is 6.36. The minimum atomic E-state index is -5.14. The molecular weight excluding hydrogens is 493 g/mol. The molecule has 0 aromatic heterocycles. The van der Waals surface area contributed by atoms with Gasteiger partial charge in [0.05, 0.1) is 13.0 Å².